The molecule has 0 aliphatic carbocycles. The van der Waals surface area contributed by atoms with Crippen LogP contribution >= 0.6 is 11.8 Å². The number of amides is 3. The number of esters is 1. The number of rotatable bonds is 7. The first-order chi connectivity index (χ1) is 13.5. The van der Waals surface area contributed by atoms with E-state index in [2.05, 4.69) is 5.32 Å². The van der Waals surface area contributed by atoms with Gasteiger partial charge in [0.15, 0.2) is 6.61 Å². The smallest absolute Gasteiger partial charge is 0.342 e. The lowest BCUT2D eigenvalue weighted by Crippen LogP contribution is -2.38. The maximum absolute atomic E-state index is 12.4. The number of fused-ring (bicyclic) bond motifs is 1. The Balaban J connectivity index is 1.53. The van der Waals surface area contributed by atoms with Crippen LogP contribution in [-0.4, -0.2) is 60.5 Å². The van der Waals surface area contributed by atoms with Crippen LogP contribution in [0.5, 0.6) is 5.75 Å². The van der Waals surface area contributed by atoms with Crippen LogP contribution in [0.2, 0.25) is 0 Å². The van der Waals surface area contributed by atoms with Crippen molar-refractivity contribution in [1.29, 1.82) is 0 Å². The number of nitrogens with one attached hydrogen (secondary N) is 1. The van der Waals surface area contributed by atoms with E-state index < -0.39 is 18.5 Å². The van der Waals surface area contributed by atoms with Crippen LogP contribution in [0.1, 0.15) is 10.4 Å². The van der Waals surface area contributed by atoms with Crippen LogP contribution in [-0.2, 0) is 14.3 Å². The van der Waals surface area contributed by atoms with E-state index in [0.29, 0.717) is 5.75 Å². The minimum Gasteiger partial charge on any atom is -0.496 e. The van der Waals surface area contributed by atoms with Gasteiger partial charge >= 0.3 is 5.97 Å². The van der Waals surface area contributed by atoms with E-state index in [1.54, 1.807) is 12.1 Å². The summed E-state index contributed by atoms with van der Waals surface area (Å²) >= 11 is 0.932. The van der Waals surface area contributed by atoms with E-state index in [0.717, 1.165) is 27.4 Å². The van der Waals surface area contributed by atoms with Crippen molar-refractivity contribution >= 4 is 45.6 Å². The number of hydrogen-bond donors (Lipinski definition) is 1. The lowest BCUT2D eigenvalue weighted by molar-refractivity contribution is -0.126. The highest BCUT2D eigenvalue weighted by molar-refractivity contribution is 8.14. The van der Waals surface area contributed by atoms with Crippen LogP contribution in [0.15, 0.2) is 36.4 Å². The molecule has 0 saturated carbocycles. The minimum atomic E-state index is -0.681. The van der Waals surface area contributed by atoms with Gasteiger partial charge in [0.1, 0.15) is 11.3 Å². The van der Waals surface area contributed by atoms with E-state index in [1.165, 1.54) is 7.11 Å². The molecule has 28 heavy (non-hydrogen) atoms. The first-order valence-corrected chi connectivity index (χ1v) is 9.46. The Morgan fingerprint density at radius 3 is 2.54 bits per heavy atom. The maximum atomic E-state index is 12.4. The average molecular weight is 402 g/mol. The fraction of sp³-hybridized carbons (Fsp3) is 0.263. The minimum absolute atomic E-state index is 0.0862. The lowest BCUT2D eigenvalue weighted by Gasteiger charge is -2.13. The zero-order chi connectivity index (χ0) is 20.1. The predicted octanol–water partition coefficient (Wildman–Crippen LogP) is 1.82. The molecule has 3 amide bonds. The Labute approximate surface area is 165 Å². The van der Waals surface area contributed by atoms with Crippen LogP contribution in [0, 0.1) is 0 Å². The second kappa shape index (κ2) is 8.75. The van der Waals surface area contributed by atoms with Gasteiger partial charge in [0.2, 0.25) is 5.91 Å². The number of carbonyl (C=O) groups is 4. The molecule has 3 rings (SSSR count). The highest BCUT2D eigenvalue weighted by Gasteiger charge is 2.29. The van der Waals surface area contributed by atoms with E-state index >= 15 is 0 Å². The summed E-state index contributed by atoms with van der Waals surface area (Å²) in [5, 5.41) is 3.95. The Morgan fingerprint density at radius 1 is 1.18 bits per heavy atom. The van der Waals surface area contributed by atoms with Crippen molar-refractivity contribution in [1.82, 2.24) is 10.2 Å². The zero-order valence-electron chi connectivity index (χ0n) is 15.1. The summed E-state index contributed by atoms with van der Waals surface area (Å²) in [5.41, 5.74) is 0.222. The van der Waals surface area contributed by atoms with Gasteiger partial charge in [0, 0.05) is 13.1 Å². The first kappa shape index (κ1) is 19.7. The highest BCUT2D eigenvalue weighted by atomic mass is 32.2. The van der Waals surface area contributed by atoms with Gasteiger partial charge in [-0.2, -0.15) is 0 Å². The molecular weight excluding hydrogens is 384 g/mol. The summed E-state index contributed by atoms with van der Waals surface area (Å²) in [6.45, 7) is -0.304. The van der Waals surface area contributed by atoms with Gasteiger partial charge in [-0.1, -0.05) is 36.0 Å². The molecule has 2 aromatic carbocycles. The van der Waals surface area contributed by atoms with Gasteiger partial charge in [-0.05, 0) is 22.9 Å². The van der Waals surface area contributed by atoms with E-state index in [-0.39, 0.29) is 35.6 Å². The van der Waals surface area contributed by atoms with Gasteiger partial charge in [-0.15, -0.1) is 0 Å². The zero-order valence-corrected chi connectivity index (χ0v) is 15.9. The normalized spacial score (nSPS) is 13.7. The number of nitrogens with zero attached hydrogens (tertiary/aromatic N) is 1. The number of imide groups is 1. The van der Waals surface area contributed by atoms with Gasteiger partial charge in [-0.3, -0.25) is 19.3 Å². The Morgan fingerprint density at radius 2 is 1.89 bits per heavy atom. The van der Waals surface area contributed by atoms with Gasteiger partial charge in [-0.25, -0.2) is 4.79 Å². The number of methoxy groups -OCH3 is 1. The fourth-order valence-electron chi connectivity index (χ4n) is 2.71. The van der Waals surface area contributed by atoms with Crippen molar-refractivity contribution in [2.45, 2.75) is 0 Å². The molecule has 1 heterocycles. The fourth-order valence-corrected chi connectivity index (χ4v) is 3.46. The molecule has 0 spiro atoms. The molecule has 1 fully saturated rings. The summed E-state index contributed by atoms with van der Waals surface area (Å²) in [5.74, 6) is -1.01. The van der Waals surface area contributed by atoms with Crippen molar-refractivity contribution in [3.63, 3.8) is 0 Å². The van der Waals surface area contributed by atoms with E-state index in [4.69, 9.17) is 9.47 Å². The first-order valence-electron chi connectivity index (χ1n) is 8.47. The molecule has 0 radical (unpaired) electrons. The maximum Gasteiger partial charge on any atom is 0.342 e. The molecule has 1 N–H and O–H groups in total. The Hall–Kier alpha value is -3.07. The SMILES string of the molecule is COc1cc2ccccc2cc1C(=O)OCC(=O)NCCN1C(=O)CSC1=O. The molecule has 1 aliphatic heterocycles. The molecule has 8 nitrogen and oxygen atoms in total. The number of hydrogen-bond acceptors (Lipinski definition) is 7. The van der Waals surface area contributed by atoms with Crippen LogP contribution < -0.4 is 10.1 Å². The summed E-state index contributed by atoms with van der Waals surface area (Å²) in [6.07, 6.45) is 0. The molecule has 0 bridgehead atoms. The van der Waals surface area contributed by atoms with Crippen molar-refractivity contribution in [3.8, 4) is 5.75 Å². The third-order valence-electron chi connectivity index (χ3n) is 4.12. The number of thioether (sulfide) groups is 1. The van der Waals surface area contributed by atoms with Crippen molar-refractivity contribution in [3.05, 3.63) is 42.0 Å². The van der Waals surface area contributed by atoms with Crippen LogP contribution in [0.4, 0.5) is 4.79 Å². The van der Waals surface area contributed by atoms with Gasteiger partial charge in [0.05, 0.1) is 12.9 Å². The molecule has 2 aromatic rings. The summed E-state index contributed by atoms with van der Waals surface area (Å²) in [4.78, 5) is 48.2. The summed E-state index contributed by atoms with van der Waals surface area (Å²) < 4.78 is 10.3. The molecule has 0 aromatic heterocycles. The van der Waals surface area contributed by atoms with Gasteiger partial charge < -0.3 is 14.8 Å². The third kappa shape index (κ3) is 4.42. The monoisotopic (exact) mass is 402 g/mol. The molecule has 9 heteroatoms. The molecule has 146 valence electrons. The summed E-state index contributed by atoms with van der Waals surface area (Å²) in [7, 11) is 1.45. The van der Waals surface area contributed by atoms with Crippen molar-refractivity contribution < 1.29 is 28.7 Å². The van der Waals surface area contributed by atoms with Gasteiger partial charge in [0.25, 0.3) is 11.1 Å². The van der Waals surface area contributed by atoms with E-state index in [1.807, 2.05) is 24.3 Å². The van der Waals surface area contributed by atoms with Crippen molar-refractivity contribution in [2.24, 2.45) is 0 Å². The van der Waals surface area contributed by atoms with Crippen LogP contribution in [0.3, 0.4) is 0 Å². The Bertz CT molecular complexity index is 929. The largest absolute Gasteiger partial charge is 0.496 e. The number of carbonyl (C=O) groups excluding carboxylic acids is 4. The molecular formula is C19H18N2O6S. The Kier molecular flexibility index (Phi) is 6.15. The molecule has 0 atom stereocenters. The quantitative estimate of drug-likeness (QED) is 0.705. The number of benzene rings is 2. The van der Waals surface area contributed by atoms with Crippen molar-refractivity contribution in [2.75, 3.05) is 32.6 Å². The van der Waals surface area contributed by atoms with E-state index in [9.17, 15) is 19.2 Å². The summed E-state index contributed by atoms with van der Waals surface area (Å²) in [6, 6.07) is 10.9. The molecule has 1 saturated heterocycles. The number of ether oxygens (including phenoxy) is 2. The topological polar surface area (TPSA) is 102 Å². The average Bonchev–Trinajstić information content (AvgIpc) is 3.03. The molecule has 0 unspecified atom stereocenters. The second-order valence-corrected chi connectivity index (χ2v) is 6.85. The lowest BCUT2D eigenvalue weighted by atomic mass is 10.1. The third-order valence-corrected chi connectivity index (χ3v) is 4.98. The second-order valence-electron chi connectivity index (χ2n) is 5.93. The van der Waals surface area contributed by atoms with Crippen LogP contribution in [0.25, 0.3) is 10.8 Å². The molecule has 1 aliphatic rings. The predicted molar refractivity (Wildman–Crippen MR) is 103 cm³/mol. The highest BCUT2D eigenvalue weighted by Crippen LogP contribution is 2.26. The standard InChI is InChI=1S/C19H18N2O6S/c1-26-15-9-13-5-3-2-4-12(13)8-14(15)18(24)27-10-16(22)20-6-7-21-17(23)11-28-19(21)25/h2-5,8-9H,6-7,10-11H2,1H3,(H,20,22).